The first-order valence-corrected chi connectivity index (χ1v) is 4.78. The van der Waals surface area contributed by atoms with Crippen molar-refractivity contribution in [2.75, 3.05) is 14.2 Å². The van der Waals surface area contributed by atoms with E-state index in [4.69, 9.17) is 9.47 Å². The second-order valence-corrected chi connectivity index (χ2v) is 3.35. The lowest BCUT2D eigenvalue weighted by Gasteiger charge is -2.00. The molecule has 0 spiro atoms. The molecule has 0 aliphatic carbocycles. The summed E-state index contributed by atoms with van der Waals surface area (Å²) in [5.74, 6) is 0.257. The summed E-state index contributed by atoms with van der Waals surface area (Å²) in [6, 6.07) is 1.74. The summed E-state index contributed by atoms with van der Waals surface area (Å²) in [7, 11) is 2.92. The third-order valence-corrected chi connectivity index (χ3v) is 2.45. The van der Waals surface area contributed by atoms with Crippen molar-refractivity contribution in [1.82, 2.24) is 9.97 Å². The summed E-state index contributed by atoms with van der Waals surface area (Å²) >= 11 is 0. The van der Waals surface area contributed by atoms with Gasteiger partial charge in [-0.2, -0.15) is 0 Å². The van der Waals surface area contributed by atoms with Gasteiger partial charge < -0.3 is 14.5 Å². The molecule has 5 nitrogen and oxygen atoms in total. The zero-order chi connectivity index (χ0) is 11.7. The molecule has 0 saturated carbocycles. The Balaban J connectivity index is 2.76. The van der Waals surface area contributed by atoms with Crippen LogP contribution in [0.5, 0.6) is 5.75 Å². The van der Waals surface area contributed by atoms with Gasteiger partial charge in [0.05, 0.1) is 14.2 Å². The number of nitrogens with zero attached hydrogens (tertiary/aromatic N) is 1. The van der Waals surface area contributed by atoms with E-state index in [1.54, 1.807) is 26.3 Å². The molecule has 0 fully saturated rings. The van der Waals surface area contributed by atoms with Gasteiger partial charge in [0.2, 0.25) is 0 Å². The molecule has 2 aromatic rings. The Kier molecular flexibility index (Phi) is 2.52. The average Bonchev–Trinajstić information content (AvgIpc) is 2.63. The highest BCUT2D eigenvalue weighted by molar-refractivity contribution is 6.05. The SMILES string of the molecule is COC(=O)c1c(C)[nH]c2c(OC)ccnc12. The number of aromatic nitrogens is 2. The van der Waals surface area contributed by atoms with Gasteiger partial charge in [0.15, 0.2) is 0 Å². The lowest BCUT2D eigenvalue weighted by molar-refractivity contribution is 0.0602. The van der Waals surface area contributed by atoms with E-state index in [9.17, 15) is 4.79 Å². The fraction of sp³-hybridized carbons (Fsp3) is 0.273. The molecule has 0 atom stereocenters. The third-order valence-electron chi connectivity index (χ3n) is 2.45. The van der Waals surface area contributed by atoms with E-state index in [0.29, 0.717) is 22.3 Å². The highest BCUT2D eigenvalue weighted by atomic mass is 16.5. The second-order valence-electron chi connectivity index (χ2n) is 3.35. The Labute approximate surface area is 92.4 Å². The van der Waals surface area contributed by atoms with Crippen LogP contribution in [0.2, 0.25) is 0 Å². The van der Waals surface area contributed by atoms with E-state index in [1.165, 1.54) is 7.11 Å². The number of aromatic amines is 1. The Morgan fingerprint density at radius 1 is 1.44 bits per heavy atom. The summed E-state index contributed by atoms with van der Waals surface area (Å²) in [4.78, 5) is 18.8. The van der Waals surface area contributed by atoms with Crippen molar-refractivity contribution < 1.29 is 14.3 Å². The van der Waals surface area contributed by atoms with Crippen LogP contribution in [0, 0.1) is 6.92 Å². The summed E-state index contributed by atoms with van der Waals surface area (Å²) < 4.78 is 9.90. The number of ether oxygens (including phenoxy) is 2. The van der Waals surface area contributed by atoms with Crippen molar-refractivity contribution in [1.29, 1.82) is 0 Å². The zero-order valence-corrected chi connectivity index (χ0v) is 9.33. The molecule has 0 aliphatic heterocycles. The first kappa shape index (κ1) is 10.5. The number of hydrogen-bond acceptors (Lipinski definition) is 4. The lowest BCUT2D eigenvalue weighted by Crippen LogP contribution is -2.02. The lowest BCUT2D eigenvalue weighted by atomic mass is 10.2. The predicted molar refractivity (Wildman–Crippen MR) is 58.7 cm³/mol. The van der Waals surface area contributed by atoms with Gasteiger partial charge in [-0.1, -0.05) is 0 Å². The first-order valence-electron chi connectivity index (χ1n) is 4.78. The van der Waals surface area contributed by atoms with E-state index >= 15 is 0 Å². The molecule has 5 heteroatoms. The van der Waals surface area contributed by atoms with Crippen molar-refractivity contribution in [3.63, 3.8) is 0 Å². The maximum atomic E-state index is 11.6. The number of fused-ring (bicyclic) bond motifs is 1. The quantitative estimate of drug-likeness (QED) is 0.782. The van der Waals surface area contributed by atoms with Gasteiger partial charge in [0.25, 0.3) is 0 Å². The number of rotatable bonds is 2. The van der Waals surface area contributed by atoms with E-state index in [0.717, 1.165) is 5.69 Å². The van der Waals surface area contributed by atoms with Crippen molar-refractivity contribution in [2.24, 2.45) is 0 Å². The number of nitrogens with one attached hydrogen (secondary N) is 1. The van der Waals surface area contributed by atoms with Crippen LogP contribution in [0.1, 0.15) is 16.1 Å². The molecule has 2 aromatic heterocycles. The molecule has 16 heavy (non-hydrogen) atoms. The minimum Gasteiger partial charge on any atom is -0.494 e. The number of aryl methyl sites for hydroxylation is 1. The molecular weight excluding hydrogens is 208 g/mol. The number of carbonyl (C=O) groups excluding carboxylic acids is 1. The van der Waals surface area contributed by atoms with Gasteiger partial charge in [0, 0.05) is 18.0 Å². The monoisotopic (exact) mass is 220 g/mol. The Bertz CT molecular complexity index is 545. The smallest absolute Gasteiger partial charge is 0.341 e. The Morgan fingerprint density at radius 3 is 2.81 bits per heavy atom. The number of pyridine rings is 1. The van der Waals surface area contributed by atoms with Crippen LogP contribution in [0.4, 0.5) is 0 Å². The number of hydrogen-bond donors (Lipinski definition) is 1. The molecule has 2 heterocycles. The van der Waals surface area contributed by atoms with Crippen LogP contribution in [-0.2, 0) is 4.74 Å². The predicted octanol–water partition coefficient (Wildman–Crippen LogP) is 1.67. The summed E-state index contributed by atoms with van der Waals surface area (Å²) in [6.07, 6.45) is 1.60. The molecule has 0 bridgehead atoms. The van der Waals surface area contributed by atoms with Gasteiger partial charge in [-0.15, -0.1) is 0 Å². The van der Waals surface area contributed by atoms with Gasteiger partial charge in [-0.05, 0) is 6.92 Å². The first-order chi connectivity index (χ1) is 7.69. The van der Waals surface area contributed by atoms with Crippen molar-refractivity contribution in [3.05, 3.63) is 23.5 Å². The maximum absolute atomic E-state index is 11.6. The molecule has 0 aliphatic rings. The fourth-order valence-corrected chi connectivity index (χ4v) is 1.70. The minimum atomic E-state index is -0.399. The van der Waals surface area contributed by atoms with Gasteiger partial charge in [0.1, 0.15) is 22.3 Å². The largest absolute Gasteiger partial charge is 0.494 e. The number of H-pyrrole nitrogens is 1. The normalized spacial score (nSPS) is 10.4. The molecule has 0 saturated heterocycles. The van der Waals surface area contributed by atoms with Crippen LogP contribution < -0.4 is 4.74 Å². The molecule has 84 valence electrons. The molecule has 0 aromatic carbocycles. The standard InChI is InChI=1S/C11H12N2O3/c1-6-8(11(14)16-3)10-9(13-6)7(15-2)4-5-12-10/h4-5,13H,1-3H3. The van der Waals surface area contributed by atoms with E-state index in [2.05, 4.69) is 9.97 Å². The van der Waals surface area contributed by atoms with E-state index < -0.39 is 5.97 Å². The topological polar surface area (TPSA) is 64.2 Å². The molecular formula is C11H12N2O3. The van der Waals surface area contributed by atoms with Crippen molar-refractivity contribution >= 4 is 17.0 Å². The van der Waals surface area contributed by atoms with Crippen molar-refractivity contribution in [2.45, 2.75) is 6.92 Å². The summed E-state index contributed by atoms with van der Waals surface area (Å²) in [5.41, 5.74) is 2.46. The highest BCUT2D eigenvalue weighted by Gasteiger charge is 2.19. The van der Waals surface area contributed by atoms with Gasteiger partial charge in [-0.3, -0.25) is 4.98 Å². The third kappa shape index (κ3) is 1.41. The number of methoxy groups -OCH3 is 2. The molecule has 1 N–H and O–H groups in total. The van der Waals surface area contributed by atoms with Crippen molar-refractivity contribution in [3.8, 4) is 5.75 Å². The molecule has 0 amide bonds. The Hall–Kier alpha value is -2.04. The van der Waals surface area contributed by atoms with Gasteiger partial charge in [-0.25, -0.2) is 4.79 Å². The van der Waals surface area contributed by atoms with E-state index in [-0.39, 0.29) is 0 Å². The fourth-order valence-electron chi connectivity index (χ4n) is 1.70. The number of esters is 1. The maximum Gasteiger partial charge on any atom is 0.341 e. The molecule has 0 radical (unpaired) electrons. The molecule has 2 rings (SSSR count). The van der Waals surface area contributed by atoms with Gasteiger partial charge >= 0.3 is 5.97 Å². The zero-order valence-electron chi connectivity index (χ0n) is 9.33. The van der Waals surface area contributed by atoms with Crippen LogP contribution >= 0.6 is 0 Å². The van der Waals surface area contributed by atoms with Crippen LogP contribution in [0.15, 0.2) is 12.3 Å². The summed E-state index contributed by atoms with van der Waals surface area (Å²) in [5, 5.41) is 0. The number of carbonyl (C=O) groups is 1. The average molecular weight is 220 g/mol. The Morgan fingerprint density at radius 2 is 2.19 bits per heavy atom. The minimum absolute atomic E-state index is 0.399. The van der Waals surface area contributed by atoms with Crippen LogP contribution in [-0.4, -0.2) is 30.2 Å². The highest BCUT2D eigenvalue weighted by Crippen LogP contribution is 2.27. The molecule has 0 unspecified atom stereocenters. The summed E-state index contributed by atoms with van der Waals surface area (Å²) in [6.45, 7) is 1.80. The van der Waals surface area contributed by atoms with Crippen LogP contribution in [0.3, 0.4) is 0 Å². The van der Waals surface area contributed by atoms with E-state index in [1.807, 2.05) is 0 Å². The van der Waals surface area contributed by atoms with Crippen LogP contribution in [0.25, 0.3) is 11.0 Å². The second kappa shape index (κ2) is 3.84.